The Balaban J connectivity index is 1.80. The van der Waals surface area contributed by atoms with Crippen LogP contribution < -0.4 is 5.32 Å². The predicted molar refractivity (Wildman–Crippen MR) is 82.2 cm³/mol. The van der Waals surface area contributed by atoms with Crippen LogP contribution in [-0.4, -0.2) is 17.0 Å². The van der Waals surface area contributed by atoms with Crippen LogP contribution in [0.4, 0.5) is 5.00 Å². The first-order valence-electron chi connectivity index (χ1n) is 6.84. The number of fused-ring (bicyclic) bond motifs is 1. The Labute approximate surface area is 126 Å². The molecule has 1 aromatic heterocycles. The minimum Gasteiger partial charge on any atom is -0.478 e. The van der Waals surface area contributed by atoms with Crippen LogP contribution in [0.2, 0.25) is 0 Å². The molecular formula is C16H15NO3S. The van der Waals surface area contributed by atoms with Gasteiger partial charge in [0, 0.05) is 4.88 Å². The largest absolute Gasteiger partial charge is 0.478 e. The number of amides is 1. The Bertz CT molecular complexity index is 720. The minimum atomic E-state index is -1.00. The second kappa shape index (κ2) is 5.33. The first kappa shape index (κ1) is 13.8. The van der Waals surface area contributed by atoms with Crippen molar-refractivity contribution in [2.24, 2.45) is 0 Å². The van der Waals surface area contributed by atoms with E-state index in [9.17, 15) is 14.7 Å². The maximum Gasteiger partial charge on any atom is 0.338 e. The third kappa shape index (κ3) is 2.45. The van der Waals surface area contributed by atoms with Gasteiger partial charge in [-0.2, -0.15) is 0 Å². The van der Waals surface area contributed by atoms with Gasteiger partial charge in [0.05, 0.1) is 11.5 Å². The van der Waals surface area contributed by atoms with E-state index in [4.69, 9.17) is 0 Å². The maximum atomic E-state index is 12.3. The summed E-state index contributed by atoms with van der Waals surface area (Å²) in [7, 11) is 0. The summed E-state index contributed by atoms with van der Waals surface area (Å²) >= 11 is 1.34. The highest BCUT2D eigenvalue weighted by atomic mass is 32.1. The lowest BCUT2D eigenvalue weighted by Crippen LogP contribution is -2.30. The quantitative estimate of drug-likeness (QED) is 0.910. The molecule has 1 amide bonds. The third-order valence-electron chi connectivity index (χ3n) is 3.77. The van der Waals surface area contributed by atoms with Crippen molar-refractivity contribution < 1.29 is 14.7 Å². The molecule has 0 bridgehead atoms. The van der Waals surface area contributed by atoms with E-state index in [2.05, 4.69) is 5.32 Å². The molecule has 5 heteroatoms. The third-order valence-corrected chi connectivity index (χ3v) is 4.96. The molecule has 0 radical (unpaired) electrons. The van der Waals surface area contributed by atoms with Crippen molar-refractivity contribution in [2.75, 3.05) is 5.32 Å². The Morgan fingerprint density at radius 3 is 2.81 bits per heavy atom. The standard InChI is InChI=1S/C16H15NO3S/c1-2-10-8-13(16(19)20)15(21-10)17-14(18)12-7-9-5-3-4-6-11(9)12/h3-6,8,12H,2,7H2,1H3,(H,17,18)(H,19,20). The van der Waals surface area contributed by atoms with Crippen molar-refractivity contribution in [2.45, 2.75) is 25.7 Å². The maximum absolute atomic E-state index is 12.3. The van der Waals surface area contributed by atoms with Crippen LogP contribution in [0.1, 0.15) is 39.2 Å². The van der Waals surface area contributed by atoms with E-state index in [1.165, 1.54) is 16.9 Å². The van der Waals surface area contributed by atoms with Gasteiger partial charge in [-0.25, -0.2) is 4.79 Å². The number of benzene rings is 1. The molecule has 1 heterocycles. The van der Waals surface area contributed by atoms with E-state index < -0.39 is 5.97 Å². The average Bonchev–Trinajstić information content (AvgIpc) is 2.83. The van der Waals surface area contributed by atoms with Gasteiger partial charge in [-0.05, 0) is 30.0 Å². The number of hydrogen-bond acceptors (Lipinski definition) is 3. The molecule has 1 aromatic carbocycles. The van der Waals surface area contributed by atoms with Crippen LogP contribution >= 0.6 is 11.3 Å². The van der Waals surface area contributed by atoms with Gasteiger partial charge in [0.15, 0.2) is 0 Å². The fourth-order valence-electron chi connectivity index (χ4n) is 2.56. The van der Waals surface area contributed by atoms with Crippen LogP contribution in [0.15, 0.2) is 30.3 Å². The first-order chi connectivity index (χ1) is 10.1. The number of carboxylic acids is 1. The minimum absolute atomic E-state index is 0.124. The number of nitrogens with one attached hydrogen (secondary N) is 1. The molecule has 21 heavy (non-hydrogen) atoms. The second-order valence-electron chi connectivity index (χ2n) is 5.06. The zero-order valence-electron chi connectivity index (χ0n) is 11.6. The molecule has 108 valence electrons. The summed E-state index contributed by atoms with van der Waals surface area (Å²) in [4.78, 5) is 24.5. The summed E-state index contributed by atoms with van der Waals surface area (Å²) < 4.78 is 0. The lowest BCUT2D eigenvalue weighted by Gasteiger charge is -2.28. The van der Waals surface area contributed by atoms with Crippen LogP contribution in [0.25, 0.3) is 0 Å². The summed E-state index contributed by atoms with van der Waals surface area (Å²) in [5.74, 6) is -1.30. The molecule has 0 spiro atoms. The highest BCUT2D eigenvalue weighted by Gasteiger charge is 2.32. The molecule has 0 aliphatic heterocycles. The highest BCUT2D eigenvalue weighted by Crippen LogP contribution is 2.37. The van der Waals surface area contributed by atoms with Gasteiger partial charge >= 0.3 is 5.97 Å². The molecule has 1 aliphatic carbocycles. The molecule has 0 saturated heterocycles. The number of anilines is 1. The van der Waals surface area contributed by atoms with Crippen molar-refractivity contribution >= 4 is 28.2 Å². The number of hydrogen-bond donors (Lipinski definition) is 2. The number of rotatable bonds is 4. The number of thiophene rings is 1. The number of carbonyl (C=O) groups is 2. The van der Waals surface area contributed by atoms with E-state index in [1.54, 1.807) is 6.07 Å². The monoisotopic (exact) mass is 301 g/mol. The van der Waals surface area contributed by atoms with Crippen molar-refractivity contribution in [3.8, 4) is 0 Å². The number of carbonyl (C=O) groups excluding carboxylic acids is 1. The smallest absolute Gasteiger partial charge is 0.338 e. The second-order valence-corrected chi connectivity index (χ2v) is 6.20. The van der Waals surface area contributed by atoms with Gasteiger partial charge in [-0.15, -0.1) is 11.3 Å². The zero-order chi connectivity index (χ0) is 15.0. The van der Waals surface area contributed by atoms with Gasteiger partial charge in [0.2, 0.25) is 5.91 Å². The zero-order valence-corrected chi connectivity index (χ0v) is 12.4. The first-order valence-corrected chi connectivity index (χ1v) is 7.66. The summed E-state index contributed by atoms with van der Waals surface area (Å²) in [5, 5.41) is 12.4. The molecule has 1 unspecified atom stereocenters. The molecule has 2 aromatic rings. The Morgan fingerprint density at radius 2 is 2.14 bits per heavy atom. The highest BCUT2D eigenvalue weighted by molar-refractivity contribution is 7.16. The Hall–Kier alpha value is -2.14. The molecule has 3 rings (SSSR count). The number of aromatic carboxylic acids is 1. The van der Waals surface area contributed by atoms with Gasteiger partial charge in [0.25, 0.3) is 0 Å². The molecule has 0 fully saturated rings. The SMILES string of the molecule is CCc1cc(C(=O)O)c(NC(=O)C2Cc3ccccc32)s1. The average molecular weight is 301 g/mol. The van der Waals surface area contributed by atoms with E-state index >= 15 is 0 Å². The topological polar surface area (TPSA) is 66.4 Å². The fraction of sp³-hybridized carbons (Fsp3) is 0.250. The summed E-state index contributed by atoms with van der Waals surface area (Å²) in [6.45, 7) is 1.96. The van der Waals surface area contributed by atoms with Crippen molar-refractivity contribution in [1.29, 1.82) is 0 Å². The lowest BCUT2D eigenvalue weighted by molar-refractivity contribution is -0.118. The van der Waals surface area contributed by atoms with E-state index in [0.29, 0.717) is 5.00 Å². The normalized spacial score (nSPS) is 16.0. The van der Waals surface area contributed by atoms with E-state index in [-0.39, 0.29) is 17.4 Å². The van der Waals surface area contributed by atoms with Gasteiger partial charge < -0.3 is 10.4 Å². The van der Waals surface area contributed by atoms with Crippen LogP contribution in [0, 0.1) is 0 Å². The molecule has 2 N–H and O–H groups in total. The van der Waals surface area contributed by atoms with Gasteiger partial charge in [-0.1, -0.05) is 31.2 Å². The summed E-state index contributed by atoms with van der Waals surface area (Å²) in [5.41, 5.74) is 2.41. The van der Waals surface area contributed by atoms with Crippen LogP contribution in [-0.2, 0) is 17.6 Å². The van der Waals surface area contributed by atoms with Crippen molar-refractivity contribution in [3.05, 3.63) is 51.9 Å². The number of aryl methyl sites for hydroxylation is 1. The Kier molecular flexibility index (Phi) is 3.51. The fourth-order valence-corrected chi connectivity index (χ4v) is 3.55. The van der Waals surface area contributed by atoms with Crippen LogP contribution in [0.5, 0.6) is 0 Å². The van der Waals surface area contributed by atoms with Gasteiger partial charge in [-0.3, -0.25) is 4.79 Å². The van der Waals surface area contributed by atoms with Crippen molar-refractivity contribution in [3.63, 3.8) is 0 Å². The Morgan fingerprint density at radius 1 is 1.38 bits per heavy atom. The van der Waals surface area contributed by atoms with E-state index in [1.807, 2.05) is 31.2 Å². The molecule has 4 nitrogen and oxygen atoms in total. The molecule has 1 atom stereocenters. The molecular weight excluding hydrogens is 286 g/mol. The molecule has 1 aliphatic rings. The van der Waals surface area contributed by atoms with Gasteiger partial charge in [0.1, 0.15) is 5.00 Å². The van der Waals surface area contributed by atoms with Crippen molar-refractivity contribution in [1.82, 2.24) is 0 Å². The lowest BCUT2D eigenvalue weighted by atomic mass is 9.77. The summed E-state index contributed by atoms with van der Waals surface area (Å²) in [6, 6.07) is 9.48. The molecule has 0 saturated carbocycles. The van der Waals surface area contributed by atoms with Crippen LogP contribution in [0.3, 0.4) is 0 Å². The predicted octanol–water partition coefficient (Wildman–Crippen LogP) is 3.29. The number of carboxylic acid groups (broad SMARTS) is 1. The summed E-state index contributed by atoms with van der Waals surface area (Å²) in [6.07, 6.45) is 1.48. The van der Waals surface area contributed by atoms with E-state index in [0.717, 1.165) is 23.3 Å².